The molecule has 0 bridgehead atoms. The number of rotatable bonds is 2. The highest BCUT2D eigenvalue weighted by Crippen LogP contribution is 2.02. The van der Waals surface area contributed by atoms with Crippen LogP contribution in [0.3, 0.4) is 0 Å². The summed E-state index contributed by atoms with van der Waals surface area (Å²) in [6.45, 7) is 3.55. The summed E-state index contributed by atoms with van der Waals surface area (Å²) in [5.74, 6) is 0. The van der Waals surface area contributed by atoms with E-state index < -0.39 is 0 Å². The predicted octanol–water partition coefficient (Wildman–Crippen LogP) is 1.47. The molecule has 9 heavy (non-hydrogen) atoms. The lowest BCUT2D eigenvalue weighted by Crippen LogP contribution is -2.26. The third kappa shape index (κ3) is 4.58. The highest BCUT2D eigenvalue weighted by molar-refractivity contribution is 14.1. The quantitative estimate of drug-likeness (QED) is 0.581. The van der Waals surface area contributed by atoms with Crippen molar-refractivity contribution in [2.75, 3.05) is 6.26 Å². The van der Waals surface area contributed by atoms with Crippen molar-refractivity contribution in [3.63, 3.8) is 0 Å². The standard InChI is InChI=1S/C4H7IN2OS/c1-3(9-2)6-4(8)7-5/h1H2,2H3,(H2,6,7,8). The molecule has 0 spiro atoms. The van der Waals surface area contributed by atoms with Gasteiger partial charge in [0.15, 0.2) is 0 Å². The van der Waals surface area contributed by atoms with E-state index in [1.54, 1.807) is 22.9 Å². The summed E-state index contributed by atoms with van der Waals surface area (Å²) < 4.78 is 2.38. The molecular weight excluding hydrogens is 251 g/mol. The van der Waals surface area contributed by atoms with E-state index in [0.717, 1.165) is 0 Å². The summed E-state index contributed by atoms with van der Waals surface area (Å²) in [4.78, 5) is 10.5. The van der Waals surface area contributed by atoms with Crippen molar-refractivity contribution >= 4 is 40.7 Å². The molecule has 0 aliphatic rings. The first kappa shape index (κ1) is 9.09. The second-order valence-corrected chi connectivity index (χ2v) is 2.62. The molecular formula is C4H7IN2OS. The number of hydrogen-bond acceptors (Lipinski definition) is 2. The summed E-state index contributed by atoms with van der Waals surface area (Å²) in [6.07, 6.45) is 1.84. The number of halogens is 1. The number of carbonyl (C=O) groups is 1. The average molecular weight is 258 g/mol. The molecule has 52 valence electrons. The van der Waals surface area contributed by atoms with Crippen molar-refractivity contribution in [2.45, 2.75) is 0 Å². The maximum absolute atomic E-state index is 10.5. The monoisotopic (exact) mass is 258 g/mol. The fraction of sp³-hybridized carbons (Fsp3) is 0.250. The van der Waals surface area contributed by atoms with E-state index in [1.807, 2.05) is 6.26 Å². The molecule has 0 heterocycles. The summed E-state index contributed by atoms with van der Waals surface area (Å²) in [7, 11) is 0. The zero-order chi connectivity index (χ0) is 7.28. The minimum atomic E-state index is -0.241. The number of urea groups is 1. The minimum absolute atomic E-state index is 0.241. The lowest BCUT2D eigenvalue weighted by atomic mass is 10.9. The second kappa shape index (κ2) is 4.92. The maximum Gasteiger partial charge on any atom is 0.328 e. The van der Waals surface area contributed by atoms with Crippen LogP contribution in [0.4, 0.5) is 4.79 Å². The fourth-order valence-corrected chi connectivity index (χ4v) is 0.531. The molecule has 2 N–H and O–H groups in total. The van der Waals surface area contributed by atoms with E-state index in [4.69, 9.17) is 0 Å². The maximum atomic E-state index is 10.5. The summed E-state index contributed by atoms with van der Waals surface area (Å²) in [5.41, 5.74) is 0. The van der Waals surface area contributed by atoms with Crippen LogP contribution in [0.1, 0.15) is 0 Å². The van der Waals surface area contributed by atoms with Crippen LogP contribution in [0, 0.1) is 0 Å². The Morgan fingerprint density at radius 2 is 2.33 bits per heavy atom. The van der Waals surface area contributed by atoms with E-state index in [9.17, 15) is 4.79 Å². The van der Waals surface area contributed by atoms with Crippen molar-refractivity contribution in [3.05, 3.63) is 11.6 Å². The minimum Gasteiger partial charge on any atom is -0.302 e. The van der Waals surface area contributed by atoms with Crippen LogP contribution in [-0.4, -0.2) is 12.3 Å². The lowest BCUT2D eigenvalue weighted by molar-refractivity contribution is 0.250. The molecule has 3 nitrogen and oxygen atoms in total. The molecule has 0 aromatic heterocycles. The third-order valence-electron chi connectivity index (χ3n) is 0.585. The molecule has 0 saturated carbocycles. The number of amides is 2. The average Bonchev–Trinajstić information content (AvgIpc) is 1.87. The van der Waals surface area contributed by atoms with Gasteiger partial charge in [0.25, 0.3) is 0 Å². The Labute approximate surface area is 72.1 Å². The third-order valence-corrected chi connectivity index (χ3v) is 1.67. The smallest absolute Gasteiger partial charge is 0.302 e. The van der Waals surface area contributed by atoms with Crippen molar-refractivity contribution in [1.29, 1.82) is 0 Å². The van der Waals surface area contributed by atoms with Gasteiger partial charge >= 0.3 is 6.03 Å². The number of carbonyl (C=O) groups excluding carboxylic acids is 1. The van der Waals surface area contributed by atoms with Crippen molar-refractivity contribution in [3.8, 4) is 0 Å². The van der Waals surface area contributed by atoms with Gasteiger partial charge in [-0.3, -0.25) is 3.53 Å². The molecule has 0 aromatic rings. The number of thioether (sulfide) groups is 1. The van der Waals surface area contributed by atoms with E-state index in [1.165, 1.54) is 11.8 Å². The highest BCUT2D eigenvalue weighted by Gasteiger charge is 1.95. The summed E-state index contributed by atoms with van der Waals surface area (Å²) in [6, 6.07) is -0.241. The first-order valence-corrected chi connectivity index (χ1v) is 4.41. The zero-order valence-corrected chi connectivity index (χ0v) is 7.88. The van der Waals surface area contributed by atoms with E-state index in [-0.39, 0.29) is 6.03 Å². The van der Waals surface area contributed by atoms with E-state index in [2.05, 4.69) is 15.4 Å². The molecule has 0 saturated heterocycles. The Morgan fingerprint density at radius 1 is 1.78 bits per heavy atom. The molecule has 0 atom stereocenters. The van der Waals surface area contributed by atoms with Gasteiger partial charge in [-0.05, 0) is 6.26 Å². The molecule has 2 amide bonds. The van der Waals surface area contributed by atoms with Gasteiger partial charge in [0.05, 0.1) is 27.9 Å². The molecule has 0 aromatic carbocycles. The van der Waals surface area contributed by atoms with Gasteiger partial charge in [0.1, 0.15) is 0 Å². The van der Waals surface area contributed by atoms with Crippen molar-refractivity contribution < 1.29 is 4.79 Å². The Kier molecular flexibility index (Phi) is 4.97. The molecule has 0 aliphatic carbocycles. The Hall–Kier alpha value is 0.0900. The molecule has 0 unspecified atom stereocenters. The van der Waals surface area contributed by atoms with Crippen LogP contribution in [0.15, 0.2) is 11.6 Å². The summed E-state index contributed by atoms with van der Waals surface area (Å²) >= 11 is 3.15. The molecule has 0 fully saturated rings. The van der Waals surface area contributed by atoms with Gasteiger partial charge in [0, 0.05) is 0 Å². The Bertz CT molecular complexity index is 114. The second-order valence-electron chi connectivity index (χ2n) is 1.18. The summed E-state index contributed by atoms with van der Waals surface area (Å²) in [5, 5.41) is 3.13. The molecule has 0 radical (unpaired) electrons. The van der Waals surface area contributed by atoms with Crippen molar-refractivity contribution in [1.82, 2.24) is 8.85 Å². The number of hydrogen-bond donors (Lipinski definition) is 2. The fourth-order valence-electron chi connectivity index (χ4n) is 0.201. The van der Waals surface area contributed by atoms with Gasteiger partial charge in [-0.15, -0.1) is 11.8 Å². The van der Waals surface area contributed by atoms with E-state index in [0.29, 0.717) is 5.03 Å². The van der Waals surface area contributed by atoms with Crippen LogP contribution in [0.2, 0.25) is 0 Å². The number of nitrogens with one attached hydrogen (secondary N) is 2. The van der Waals surface area contributed by atoms with Gasteiger partial charge in [-0.25, -0.2) is 4.79 Å². The van der Waals surface area contributed by atoms with E-state index >= 15 is 0 Å². The highest BCUT2D eigenvalue weighted by atomic mass is 127. The largest absolute Gasteiger partial charge is 0.328 e. The lowest BCUT2D eigenvalue weighted by Gasteiger charge is -2.01. The van der Waals surface area contributed by atoms with Crippen LogP contribution in [0.5, 0.6) is 0 Å². The van der Waals surface area contributed by atoms with Gasteiger partial charge in [-0.2, -0.15) is 0 Å². The Balaban J connectivity index is 3.47. The topological polar surface area (TPSA) is 41.1 Å². The van der Waals surface area contributed by atoms with Gasteiger partial charge in [-0.1, -0.05) is 6.58 Å². The first-order valence-electron chi connectivity index (χ1n) is 2.11. The zero-order valence-electron chi connectivity index (χ0n) is 4.90. The molecule has 0 aliphatic heterocycles. The molecule has 0 rings (SSSR count). The van der Waals surface area contributed by atoms with Crippen LogP contribution >= 0.6 is 34.6 Å². The van der Waals surface area contributed by atoms with Crippen LogP contribution < -0.4 is 8.85 Å². The predicted molar refractivity (Wildman–Crippen MR) is 48.3 cm³/mol. The van der Waals surface area contributed by atoms with Gasteiger partial charge < -0.3 is 5.32 Å². The van der Waals surface area contributed by atoms with Crippen molar-refractivity contribution in [2.24, 2.45) is 0 Å². The van der Waals surface area contributed by atoms with Crippen LogP contribution in [-0.2, 0) is 0 Å². The van der Waals surface area contributed by atoms with Crippen LogP contribution in [0.25, 0.3) is 0 Å². The Morgan fingerprint density at radius 3 is 2.67 bits per heavy atom. The SMILES string of the molecule is C=C(NC(=O)NI)SC. The first-order chi connectivity index (χ1) is 4.20. The molecule has 5 heteroatoms. The van der Waals surface area contributed by atoms with Gasteiger partial charge in [0.2, 0.25) is 0 Å². The normalized spacial score (nSPS) is 8.22.